The minimum absolute atomic E-state index is 0.278. The van der Waals surface area contributed by atoms with Crippen LogP contribution in [0.25, 0.3) is 0 Å². The van der Waals surface area contributed by atoms with Gasteiger partial charge in [-0.15, -0.1) is 0 Å². The predicted molar refractivity (Wildman–Crippen MR) is 66.1 cm³/mol. The maximum absolute atomic E-state index is 11.2. The number of furan rings is 1. The van der Waals surface area contributed by atoms with Crippen LogP contribution in [0.2, 0.25) is 0 Å². The monoisotopic (exact) mass is 242 g/mol. The van der Waals surface area contributed by atoms with Gasteiger partial charge in [-0.3, -0.25) is 10.2 Å². The Kier molecular flexibility index (Phi) is 4.89. The zero-order valence-corrected chi connectivity index (χ0v) is 10.7. The molecule has 1 heterocycles. The zero-order valence-electron chi connectivity index (χ0n) is 9.87. The van der Waals surface area contributed by atoms with Crippen molar-refractivity contribution in [1.29, 1.82) is 0 Å². The zero-order chi connectivity index (χ0) is 12.1. The van der Waals surface area contributed by atoms with Crippen LogP contribution in [0.1, 0.15) is 35.7 Å². The molecule has 0 atom stereocenters. The van der Waals surface area contributed by atoms with Crippen molar-refractivity contribution in [3.63, 3.8) is 0 Å². The van der Waals surface area contributed by atoms with Gasteiger partial charge in [0.15, 0.2) is 5.76 Å². The lowest BCUT2D eigenvalue weighted by Crippen LogP contribution is -2.29. The molecule has 5 heteroatoms. The first-order valence-corrected chi connectivity index (χ1v) is 6.38. The Morgan fingerprint density at radius 2 is 2.31 bits per heavy atom. The van der Waals surface area contributed by atoms with E-state index in [0.717, 1.165) is 22.8 Å². The van der Waals surface area contributed by atoms with Gasteiger partial charge in [0.2, 0.25) is 0 Å². The Morgan fingerprint density at radius 1 is 1.62 bits per heavy atom. The number of nitrogens with two attached hydrogens (primary N) is 1. The van der Waals surface area contributed by atoms with Crippen LogP contribution in [0.4, 0.5) is 0 Å². The molecular weight excluding hydrogens is 224 g/mol. The van der Waals surface area contributed by atoms with Gasteiger partial charge in [0.05, 0.1) is 0 Å². The second-order valence-corrected chi connectivity index (χ2v) is 5.10. The molecule has 0 bridgehead atoms. The summed E-state index contributed by atoms with van der Waals surface area (Å²) in [4.78, 5) is 11.2. The quantitative estimate of drug-likeness (QED) is 0.471. The van der Waals surface area contributed by atoms with E-state index in [2.05, 4.69) is 19.3 Å². The van der Waals surface area contributed by atoms with Crippen molar-refractivity contribution in [2.45, 2.75) is 26.5 Å². The minimum Gasteiger partial charge on any atom is -0.456 e. The molecule has 0 radical (unpaired) electrons. The molecule has 0 saturated carbocycles. The van der Waals surface area contributed by atoms with Crippen LogP contribution in [-0.2, 0) is 5.75 Å². The van der Waals surface area contributed by atoms with Crippen LogP contribution in [0.15, 0.2) is 10.5 Å². The molecule has 0 fully saturated rings. The number of aryl methyl sites for hydroxylation is 1. The SMILES string of the molecule is Cc1oc(C(=O)NN)cc1CSCC(C)C. The summed E-state index contributed by atoms with van der Waals surface area (Å²) in [7, 11) is 0. The molecule has 0 saturated heterocycles. The fourth-order valence-electron chi connectivity index (χ4n) is 1.25. The fraction of sp³-hybridized carbons (Fsp3) is 0.545. The van der Waals surface area contributed by atoms with Gasteiger partial charge >= 0.3 is 5.91 Å². The molecule has 0 aliphatic carbocycles. The van der Waals surface area contributed by atoms with E-state index in [-0.39, 0.29) is 11.7 Å². The number of nitrogen functional groups attached to an aromatic ring is 1. The molecule has 3 N–H and O–H groups in total. The molecule has 1 rings (SSSR count). The molecule has 0 aromatic carbocycles. The average molecular weight is 242 g/mol. The van der Waals surface area contributed by atoms with Gasteiger partial charge in [-0.05, 0) is 24.7 Å². The lowest BCUT2D eigenvalue weighted by atomic mass is 10.3. The van der Waals surface area contributed by atoms with Crippen LogP contribution in [0.3, 0.4) is 0 Å². The number of rotatable bonds is 5. The van der Waals surface area contributed by atoms with Crippen molar-refractivity contribution >= 4 is 17.7 Å². The average Bonchev–Trinajstić information content (AvgIpc) is 2.59. The molecule has 0 aliphatic heterocycles. The summed E-state index contributed by atoms with van der Waals surface area (Å²) in [5, 5.41) is 0. The predicted octanol–water partition coefficient (Wildman–Crippen LogP) is 2.08. The number of hydrogen-bond acceptors (Lipinski definition) is 4. The third-order valence-electron chi connectivity index (χ3n) is 2.08. The molecule has 0 unspecified atom stereocenters. The first kappa shape index (κ1) is 13.1. The van der Waals surface area contributed by atoms with Gasteiger partial charge in [-0.1, -0.05) is 13.8 Å². The van der Waals surface area contributed by atoms with Gasteiger partial charge < -0.3 is 4.42 Å². The van der Waals surface area contributed by atoms with Crippen LogP contribution >= 0.6 is 11.8 Å². The smallest absolute Gasteiger partial charge is 0.300 e. The Hall–Kier alpha value is -0.940. The number of amides is 1. The van der Waals surface area contributed by atoms with Crippen molar-refractivity contribution in [2.24, 2.45) is 11.8 Å². The Balaban J connectivity index is 2.60. The normalized spacial score (nSPS) is 10.8. The summed E-state index contributed by atoms with van der Waals surface area (Å²) in [6.45, 7) is 6.23. The second kappa shape index (κ2) is 5.96. The standard InChI is InChI=1S/C11H18N2O2S/c1-7(2)5-16-6-9-4-10(11(14)13-12)15-8(9)3/h4,7H,5-6,12H2,1-3H3,(H,13,14). The summed E-state index contributed by atoms with van der Waals surface area (Å²) < 4.78 is 5.32. The van der Waals surface area contributed by atoms with Crippen LogP contribution in [0.5, 0.6) is 0 Å². The van der Waals surface area contributed by atoms with Crippen molar-refractivity contribution in [3.05, 3.63) is 23.2 Å². The first-order valence-electron chi connectivity index (χ1n) is 5.22. The van der Waals surface area contributed by atoms with Crippen molar-refractivity contribution in [1.82, 2.24) is 5.43 Å². The molecule has 0 aliphatic rings. The summed E-state index contributed by atoms with van der Waals surface area (Å²) in [6.07, 6.45) is 0. The highest BCUT2D eigenvalue weighted by molar-refractivity contribution is 7.98. The number of hydrogen-bond donors (Lipinski definition) is 2. The Morgan fingerprint density at radius 3 is 2.88 bits per heavy atom. The molecule has 1 amide bonds. The maximum Gasteiger partial charge on any atom is 0.300 e. The topological polar surface area (TPSA) is 68.3 Å². The van der Waals surface area contributed by atoms with E-state index in [1.54, 1.807) is 6.07 Å². The molecule has 0 spiro atoms. The number of hydrazine groups is 1. The number of thioether (sulfide) groups is 1. The fourth-order valence-corrected chi connectivity index (χ4v) is 2.35. The van der Waals surface area contributed by atoms with Crippen molar-refractivity contribution in [2.75, 3.05) is 5.75 Å². The molecule has 90 valence electrons. The maximum atomic E-state index is 11.2. The Labute approximate surface area is 99.9 Å². The molecule has 1 aromatic heterocycles. The summed E-state index contributed by atoms with van der Waals surface area (Å²) in [6, 6.07) is 1.75. The number of carbonyl (C=O) groups excluding carboxylic acids is 1. The minimum atomic E-state index is -0.386. The van der Waals surface area contributed by atoms with Gasteiger partial charge in [0.25, 0.3) is 0 Å². The summed E-state index contributed by atoms with van der Waals surface area (Å²) >= 11 is 1.84. The number of carbonyl (C=O) groups is 1. The van der Waals surface area contributed by atoms with Gasteiger partial charge in [-0.2, -0.15) is 11.8 Å². The van der Waals surface area contributed by atoms with E-state index in [0.29, 0.717) is 5.92 Å². The molecular formula is C11H18N2O2S. The van der Waals surface area contributed by atoms with Crippen molar-refractivity contribution < 1.29 is 9.21 Å². The summed E-state index contributed by atoms with van der Waals surface area (Å²) in [5.41, 5.74) is 3.12. The van der Waals surface area contributed by atoms with Gasteiger partial charge in [0.1, 0.15) is 5.76 Å². The third-order valence-corrected chi connectivity index (χ3v) is 3.50. The van der Waals surface area contributed by atoms with Crippen LogP contribution < -0.4 is 11.3 Å². The second-order valence-electron chi connectivity index (χ2n) is 4.07. The number of nitrogens with one attached hydrogen (secondary N) is 1. The van der Waals surface area contributed by atoms with Crippen LogP contribution in [0, 0.1) is 12.8 Å². The van der Waals surface area contributed by atoms with E-state index in [9.17, 15) is 4.79 Å². The van der Waals surface area contributed by atoms with Gasteiger partial charge in [0, 0.05) is 11.3 Å². The molecule has 16 heavy (non-hydrogen) atoms. The van der Waals surface area contributed by atoms with E-state index < -0.39 is 0 Å². The van der Waals surface area contributed by atoms with Crippen LogP contribution in [-0.4, -0.2) is 11.7 Å². The van der Waals surface area contributed by atoms with Gasteiger partial charge in [-0.25, -0.2) is 5.84 Å². The van der Waals surface area contributed by atoms with E-state index in [4.69, 9.17) is 10.3 Å². The molecule has 4 nitrogen and oxygen atoms in total. The van der Waals surface area contributed by atoms with E-state index in [1.807, 2.05) is 18.7 Å². The van der Waals surface area contributed by atoms with Crippen molar-refractivity contribution in [3.8, 4) is 0 Å². The first-order chi connectivity index (χ1) is 7.54. The largest absolute Gasteiger partial charge is 0.456 e. The highest BCUT2D eigenvalue weighted by Gasteiger charge is 2.13. The highest BCUT2D eigenvalue weighted by Crippen LogP contribution is 2.21. The summed E-state index contributed by atoms with van der Waals surface area (Å²) in [5.74, 6) is 8.35. The molecule has 1 aromatic rings. The Bertz CT molecular complexity index is 361. The van der Waals surface area contributed by atoms with E-state index in [1.165, 1.54) is 0 Å². The lowest BCUT2D eigenvalue weighted by molar-refractivity contribution is 0.0924. The third kappa shape index (κ3) is 3.57. The highest BCUT2D eigenvalue weighted by atomic mass is 32.2. The van der Waals surface area contributed by atoms with E-state index >= 15 is 0 Å². The lowest BCUT2D eigenvalue weighted by Gasteiger charge is -2.02.